The van der Waals surface area contributed by atoms with Crippen molar-refractivity contribution in [2.45, 2.75) is 45.2 Å². The predicted octanol–water partition coefficient (Wildman–Crippen LogP) is 6.24. The summed E-state index contributed by atoms with van der Waals surface area (Å²) in [4.78, 5) is 29.3. The number of unbranched alkanes of at least 4 members (excludes halogenated alkanes) is 1. The number of alkyl halides is 3. The Morgan fingerprint density at radius 3 is 2.38 bits per heavy atom. The normalized spacial score (nSPS) is 11.8. The number of fused-ring (bicyclic) bond motifs is 1. The molecule has 3 aromatic carbocycles. The number of carbonyl (C=O) groups excluding carboxylic acids is 2. The molecule has 0 aliphatic carbocycles. The first-order valence-corrected chi connectivity index (χ1v) is 14.7. The highest BCUT2D eigenvalue weighted by Crippen LogP contribution is 2.28. The van der Waals surface area contributed by atoms with E-state index in [1.807, 2.05) is 24.3 Å². The van der Waals surface area contributed by atoms with Crippen LogP contribution in [0.25, 0.3) is 22.2 Å². The van der Waals surface area contributed by atoms with Crippen LogP contribution in [0.5, 0.6) is 0 Å². The molecule has 1 aromatic heterocycles. The van der Waals surface area contributed by atoms with Crippen LogP contribution in [0.15, 0.2) is 66.7 Å². The number of sulfonamides is 1. The van der Waals surface area contributed by atoms with Crippen molar-refractivity contribution in [1.82, 2.24) is 14.3 Å². The van der Waals surface area contributed by atoms with E-state index in [1.165, 1.54) is 18.2 Å². The monoisotopic (exact) mass is 602 g/mol. The van der Waals surface area contributed by atoms with Crippen molar-refractivity contribution in [2.75, 3.05) is 11.9 Å². The van der Waals surface area contributed by atoms with Crippen LogP contribution in [0.2, 0.25) is 0 Å². The van der Waals surface area contributed by atoms with E-state index in [2.05, 4.69) is 16.8 Å². The molecule has 0 fully saturated rings. The first-order valence-electron chi connectivity index (χ1n) is 13.2. The quantitative estimate of drug-likeness (QED) is 0.222. The molecule has 0 bridgehead atoms. The highest BCUT2D eigenvalue weighted by Gasteiger charge is 2.47. The van der Waals surface area contributed by atoms with Crippen LogP contribution in [-0.4, -0.2) is 42.1 Å². The van der Waals surface area contributed by atoms with Crippen molar-refractivity contribution in [3.63, 3.8) is 0 Å². The van der Waals surface area contributed by atoms with Crippen LogP contribution in [0.4, 0.5) is 23.7 Å². The third kappa shape index (κ3) is 6.90. The molecule has 1 heterocycles. The lowest BCUT2D eigenvalue weighted by Gasteiger charge is -2.13. The van der Waals surface area contributed by atoms with Gasteiger partial charge in [0.1, 0.15) is 5.82 Å². The first kappa shape index (κ1) is 30.6. The summed E-state index contributed by atoms with van der Waals surface area (Å²) in [6.45, 7) is 4.48. The topological polar surface area (TPSA) is 119 Å². The molecule has 2 N–H and O–H groups in total. The Morgan fingerprint density at radius 1 is 1.00 bits per heavy atom. The lowest BCUT2D eigenvalue weighted by molar-refractivity contribution is -0.0446. The van der Waals surface area contributed by atoms with Crippen LogP contribution >= 0.6 is 0 Å². The number of benzene rings is 3. The summed E-state index contributed by atoms with van der Waals surface area (Å²) in [5, 5.41) is 2.71. The van der Waals surface area contributed by atoms with Crippen LogP contribution in [-0.2, 0) is 27.7 Å². The Balaban J connectivity index is 1.63. The lowest BCUT2D eigenvalue weighted by Crippen LogP contribution is -2.40. The number of nitrogens with one attached hydrogen (secondary N) is 2. The van der Waals surface area contributed by atoms with Crippen molar-refractivity contribution in [3.05, 3.63) is 83.7 Å². The van der Waals surface area contributed by atoms with Gasteiger partial charge in [-0.15, -0.1) is 0 Å². The van der Waals surface area contributed by atoms with Gasteiger partial charge in [0.05, 0.1) is 17.6 Å². The number of rotatable bonds is 10. The second-order valence-corrected chi connectivity index (χ2v) is 11.1. The molecule has 4 aromatic rings. The number of imidazole rings is 1. The molecule has 0 aliphatic rings. The van der Waals surface area contributed by atoms with Gasteiger partial charge in [-0.25, -0.2) is 14.5 Å². The van der Waals surface area contributed by atoms with Gasteiger partial charge in [0.2, 0.25) is 0 Å². The Hall–Kier alpha value is -4.39. The molecule has 222 valence electrons. The number of anilines is 1. The standard InChI is InChI=1S/C29H29F3N4O5S/c1-3-5-10-26-34-24-16-15-21(33-28(38)41-4-2)17-25(24)36(26)18-19-11-13-20(14-12-19)22-8-6-7-9-23(22)27(37)35-42(39,40)29(30,31)32/h6-9,11-17H,3-5,10,18H2,1-2H3,(H,33,38)(H,35,37). The number of halogens is 3. The summed E-state index contributed by atoms with van der Waals surface area (Å²) in [6.07, 6.45) is 2.09. The second-order valence-electron chi connectivity index (χ2n) is 9.39. The molecule has 0 aliphatic heterocycles. The lowest BCUT2D eigenvalue weighted by atomic mass is 9.98. The number of amides is 2. The van der Waals surface area contributed by atoms with Gasteiger partial charge in [-0.2, -0.15) is 21.6 Å². The molecule has 0 unspecified atom stereocenters. The first-order chi connectivity index (χ1) is 19.9. The minimum atomic E-state index is -5.86. The average molecular weight is 603 g/mol. The Kier molecular flexibility index (Phi) is 9.20. The van der Waals surface area contributed by atoms with Gasteiger partial charge < -0.3 is 9.30 Å². The Morgan fingerprint density at radius 2 is 1.71 bits per heavy atom. The van der Waals surface area contributed by atoms with Gasteiger partial charge in [-0.05, 0) is 54.3 Å². The minimum Gasteiger partial charge on any atom is -0.450 e. The molecule has 13 heteroatoms. The van der Waals surface area contributed by atoms with Crippen molar-refractivity contribution in [2.24, 2.45) is 0 Å². The summed E-state index contributed by atoms with van der Waals surface area (Å²) in [7, 11) is -5.86. The largest absolute Gasteiger partial charge is 0.516 e. The average Bonchev–Trinajstić information content (AvgIpc) is 3.27. The van der Waals surface area contributed by atoms with Crippen molar-refractivity contribution in [3.8, 4) is 11.1 Å². The third-order valence-electron chi connectivity index (χ3n) is 6.41. The van der Waals surface area contributed by atoms with Crippen LogP contribution < -0.4 is 10.0 Å². The van der Waals surface area contributed by atoms with Gasteiger partial charge >= 0.3 is 21.6 Å². The second kappa shape index (κ2) is 12.6. The molecule has 0 spiro atoms. The van der Waals surface area contributed by atoms with Crippen molar-refractivity contribution < 1.29 is 35.9 Å². The minimum absolute atomic E-state index is 0.220. The molecule has 0 radical (unpaired) electrons. The summed E-state index contributed by atoms with van der Waals surface area (Å²) in [5.74, 6) is -0.512. The Bertz CT molecular complexity index is 1700. The number of nitrogens with zero attached hydrogens (tertiary/aromatic N) is 2. The smallest absolute Gasteiger partial charge is 0.450 e. The van der Waals surface area contributed by atoms with Crippen LogP contribution in [0.1, 0.15) is 48.4 Å². The number of aryl methyl sites for hydroxylation is 1. The summed E-state index contributed by atoms with van der Waals surface area (Å²) < 4.78 is 69.5. The SMILES string of the molecule is CCCCc1nc2ccc(NC(=O)OCC)cc2n1Cc1ccc(-c2ccccc2C(=O)NS(=O)(=O)C(F)(F)F)cc1. The van der Waals surface area contributed by atoms with E-state index in [4.69, 9.17) is 9.72 Å². The van der Waals surface area contributed by atoms with Crippen molar-refractivity contribution >= 4 is 38.7 Å². The molecule has 0 saturated carbocycles. The van der Waals surface area contributed by atoms with Crippen LogP contribution in [0.3, 0.4) is 0 Å². The number of aromatic nitrogens is 2. The zero-order valence-corrected chi connectivity index (χ0v) is 23.7. The fourth-order valence-corrected chi connectivity index (χ4v) is 4.85. The molecule has 42 heavy (non-hydrogen) atoms. The molecule has 4 rings (SSSR count). The summed E-state index contributed by atoms with van der Waals surface area (Å²) in [6, 6.07) is 18.2. The van der Waals surface area contributed by atoms with Crippen molar-refractivity contribution in [1.29, 1.82) is 0 Å². The predicted molar refractivity (Wildman–Crippen MR) is 152 cm³/mol. The van der Waals surface area contributed by atoms with Gasteiger partial charge in [0, 0.05) is 24.2 Å². The van der Waals surface area contributed by atoms with E-state index in [0.29, 0.717) is 17.8 Å². The maximum atomic E-state index is 12.8. The fraction of sp³-hybridized carbons (Fsp3) is 0.276. The van der Waals surface area contributed by atoms with Gasteiger partial charge in [0.25, 0.3) is 5.91 Å². The maximum Gasteiger partial charge on any atom is 0.516 e. The van der Waals surface area contributed by atoms with E-state index >= 15 is 0 Å². The van der Waals surface area contributed by atoms with Crippen LogP contribution in [0, 0.1) is 0 Å². The van der Waals surface area contributed by atoms with Gasteiger partial charge in [-0.3, -0.25) is 10.1 Å². The van der Waals surface area contributed by atoms with Gasteiger partial charge in [-0.1, -0.05) is 55.8 Å². The third-order valence-corrected chi connectivity index (χ3v) is 7.48. The molecule has 0 saturated heterocycles. The maximum absolute atomic E-state index is 12.8. The summed E-state index contributed by atoms with van der Waals surface area (Å²) >= 11 is 0. The zero-order chi connectivity index (χ0) is 30.5. The number of ether oxygens (including phenoxy) is 1. The summed E-state index contributed by atoms with van der Waals surface area (Å²) in [5.41, 5.74) is -2.05. The zero-order valence-electron chi connectivity index (χ0n) is 22.9. The van der Waals surface area contributed by atoms with E-state index in [0.717, 1.165) is 46.4 Å². The van der Waals surface area contributed by atoms with E-state index in [1.54, 1.807) is 31.2 Å². The van der Waals surface area contributed by atoms with E-state index in [9.17, 15) is 31.2 Å². The molecular weight excluding hydrogens is 573 g/mol. The number of hydrogen-bond acceptors (Lipinski definition) is 6. The van der Waals surface area contributed by atoms with E-state index in [-0.39, 0.29) is 17.7 Å². The number of hydrogen-bond donors (Lipinski definition) is 2. The molecule has 2 amide bonds. The highest BCUT2D eigenvalue weighted by molar-refractivity contribution is 7.90. The molecule has 9 nitrogen and oxygen atoms in total. The number of carbonyl (C=O) groups is 2. The fourth-order valence-electron chi connectivity index (χ4n) is 4.38. The van der Waals surface area contributed by atoms with Gasteiger partial charge in [0.15, 0.2) is 0 Å². The van der Waals surface area contributed by atoms with E-state index < -0.39 is 27.5 Å². The Labute approximate surface area is 240 Å². The molecular formula is C29H29F3N4O5S. The molecule has 0 atom stereocenters. The highest BCUT2D eigenvalue weighted by atomic mass is 32.2.